The fourth-order valence-corrected chi connectivity index (χ4v) is 2.51. The van der Waals surface area contributed by atoms with Gasteiger partial charge >= 0.3 is 0 Å². The molecule has 1 aromatic carbocycles. The fourth-order valence-electron chi connectivity index (χ4n) is 2.31. The summed E-state index contributed by atoms with van der Waals surface area (Å²) in [5.41, 5.74) is 8.12. The molecule has 2 aromatic rings. The van der Waals surface area contributed by atoms with Crippen LogP contribution in [-0.4, -0.2) is 16.5 Å². The van der Waals surface area contributed by atoms with Gasteiger partial charge in [-0.15, -0.1) is 0 Å². The van der Waals surface area contributed by atoms with Crippen LogP contribution in [0.4, 0.5) is 17.5 Å². The van der Waals surface area contributed by atoms with Gasteiger partial charge in [-0.05, 0) is 24.5 Å². The highest BCUT2D eigenvalue weighted by atomic mass is 35.5. The quantitative estimate of drug-likeness (QED) is 0.857. The summed E-state index contributed by atoms with van der Waals surface area (Å²) in [6, 6.07) is 8.30. The van der Waals surface area contributed by atoms with Crippen LogP contribution in [0.2, 0.25) is 5.02 Å². The van der Waals surface area contributed by atoms with E-state index in [1.54, 1.807) is 6.20 Å². The number of nitrogens with zero attached hydrogens (tertiary/aromatic N) is 3. The summed E-state index contributed by atoms with van der Waals surface area (Å²) in [6.07, 6.45) is 3.72. The van der Waals surface area contributed by atoms with Gasteiger partial charge in [0.2, 0.25) is 5.95 Å². The molecular formula is C13H13ClN4. The van der Waals surface area contributed by atoms with E-state index in [1.807, 2.05) is 6.07 Å². The van der Waals surface area contributed by atoms with Crippen molar-refractivity contribution in [3.8, 4) is 0 Å². The lowest BCUT2D eigenvalue weighted by atomic mass is 10.0. The first-order valence-corrected chi connectivity index (χ1v) is 6.27. The van der Waals surface area contributed by atoms with Crippen molar-refractivity contribution in [3.63, 3.8) is 0 Å². The Morgan fingerprint density at radius 3 is 3.00 bits per heavy atom. The van der Waals surface area contributed by atoms with E-state index in [1.165, 1.54) is 5.56 Å². The van der Waals surface area contributed by atoms with Crippen molar-refractivity contribution >= 4 is 29.1 Å². The van der Waals surface area contributed by atoms with Gasteiger partial charge in [0.1, 0.15) is 5.02 Å². The summed E-state index contributed by atoms with van der Waals surface area (Å²) in [7, 11) is 0. The molecular weight excluding hydrogens is 248 g/mol. The van der Waals surface area contributed by atoms with Crippen LogP contribution in [0.25, 0.3) is 0 Å². The smallest absolute Gasteiger partial charge is 0.222 e. The van der Waals surface area contributed by atoms with Crippen LogP contribution in [0.3, 0.4) is 0 Å². The number of halogens is 1. The van der Waals surface area contributed by atoms with Crippen molar-refractivity contribution < 1.29 is 0 Å². The van der Waals surface area contributed by atoms with Crippen molar-refractivity contribution in [2.45, 2.75) is 12.8 Å². The second kappa shape index (κ2) is 4.46. The summed E-state index contributed by atoms with van der Waals surface area (Å²) in [5, 5.41) is 0.529. The fraction of sp³-hybridized carbons (Fsp3) is 0.231. The van der Waals surface area contributed by atoms with E-state index in [0.717, 1.165) is 25.1 Å². The third kappa shape index (κ3) is 1.88. The van der Waals surface area contributed by atoms with Gasteiger partial charge < -0.3 is 10.6 Å². The van der Waals surface area contributed by atoms with E-state index in [0.29, 0.717) is 10.8 Å². The first-order chi connectivity index (χ1) is 8.75. The minimum atomic E-state index is 0.248. The molecule has 0 radical (unpaired) electrons. The molecule has 0 bridgehead atoms. The second-order valence-electron chi connectivity index (χ2n) is 4.28. The van der Waals surface area contributed by atoms with Crippen LogP contribution in [0.5, 0.6) is 0 Å². The lowest BCUT2D eigenvalue weighted by molar-refractivity contribution is 0.759. The molecule has 0 amide bonds. The topological polar surface area (TPSA) is 55.0 Å². The maximum atomic E-state index is 6.17. The monoisotopic (exact) mass is 260 g/mol. The number of aryl methyl sites for hydroxylation is 1. The van der Waals surface area contributed by atoms with Crippen molar-refractivity contribution in [1.82, 2.24) is 9.97 Å². The standard InChI is InChI=1S/C13H13ClN4/c14-10-8-16-13(15)17-12(10)18-7-3-5-9-4-1-2-6-11(9)18/h1-2,4,6,8H,3,5,7H2,(H2,15,16,17). The number of para-hydroxylation sites is 1. The number of nitrogen functional groups attached to an aromatic ring is 1. The Hall–Kier alpha value is -1.81. The molecule has 2 N–H and O–H groups in total. The van der Waals surface area contributed by atoms with Crippen molar-refractivity contribution in [1.29, 1.82) is 0 Å². The SMILES string of the molecule is Nc1ncc(Cl)c(N2CCCc3ccccc32)n1. The summed E-state index contributed by atoms with van der Waals surface area (Å²) in [5.74, 6) is 0.939. The first kappa shape index (κ1) is 11.3. The largest absolute Gasteiger partial charge is 0.368 e. The molecule has 3 rings (SSSR count). The number of hydrogen-bond acceptors (Lipinski definition) is 4. The van der Waals surface area contributed by atoms with E-state index < -0.39 is 0 Å². The Morgan fingerprint density at radius 1 is 1.28 bits per heavy atom. The second-order valence-corrected chi connectivity index (χ2v) is 4.69. The van der Waals surface area contributed by atoms with Gasteiger partial charge in [-0.1, -0.05) is 29.8 Å². The van der Waals surface area contributed by atoms with Gasteiger partial charge in [0.25, 0.3) is 0 Å². The van der Waals surface area contributed by atoms with E-state index >= 15 is 0 Å². The number of fused-ring (bicyclic) bond motifs is 1. The van der Waals surface area contributed by atoms with Gasteiger partial charge in [-0.3, -0.25) is 0 Å². The van der Waals surface area contributed by atoms with Crippen LogP contribution in [0, 0.1) is 0 Å². The minimum Gasteiger partial charge on any atom is -0.368 e. The molecule has 2 heterocycles. The molecule has 1 aromatic heterocycles. The molecule has 92 valence electrons. The molecule has 0 aliphatic carbocycles. The van der Waals surface area contributed by atoms with Gasteiger partial charge in [-0.25, -0.2) is 4.98 Å². The average Bonchev–Trinajstić information content (AvgIpc) is 2.41. The van der Waals surface area contributed by atoms with E-state index in [4.69, 9.17) is 17.3 Å². The summed E-state index contributed by atoms with van der Waals surface area (Å²) >= 11 is 6.17. The van der Waals surface area contributed by atoms with Crippen molar-refractivity contribution in [2.24, 2.45) is 0 Å². The number of hydrogen-bond donors (Lipinski definition) is 1. The highest BCUT2D eigenvalue weighted by Gasteiger charge is 2.21. The normalized spacial score (nSPS) is 14.4. The average molecular weight is 261 g/mol. The third-order valence-corrected chi connectivity index (χ3v) is 3.38. The van der Waals surface area contributed by atoms with Crippen LogP contribution >= 0.6 is 11.6 Å². The van der Waals surface area contributed by atoms with E-state index in [-0.39, 0.29) is 5.95 Å². The van der Waals surface area contributed by atoms with Crippen molar-refractivity contribution in [3.05, 3.63) is 41.0 Å². The lowest BCUT2D eigenvalue weighted by Crippen LogP contribution is -2.25. The number of anilines is 3. The molecule has 0 unspecified atom stereocenters. The molecule has 0 atom stereocenters. The zero-order valence-corrected chi connectivity index (χ0v) is 10.6. The molecule has 0 fully saturated rings. The van der Waals surface area contributed by atoms with Crippen LogP contribution in [-0.2, 0) is 6.42 Å². The highest BCUT2D eigenvalue weighted by molar-refractivity contribution is 6.33. The van der Waals surface area contributed by atoms with Gasteiger partial charge in [0.15, 0.2) is 5.82 Å². The number of rotatable bonds is 1. The Kier molecular flexibility index (Phi) is 2.80. The molecule has 1 aliphatic rings. The third-order valence-electron chi connectivity index (χ3n) is 3.11. The zero-order valence-electron chi connectivity index (χ0n) is 9.81. The van der Waals surface area contributed by atoms with Crippen molar-refractivity contribution in [2.75, 3.05) is 17.2 Å². The molecule has 0 saturated heterocycles. The summed E-state index contributed by atoms with van der Waals surface area (Å²) < 4.78 is 0. The molecule has 18 heavy (non-hydrogen) atoms. The van der Waals surface area contributed by atoms with Gasteiger partial charge in [-0.2, -0.15) is 4.98 Å². The van der Waals surface area contributed by atoms with Gasteiger partial charge in [0.05, 0.1) is 6.20 Å². The molecule has 0 saturated carbocycles. The Morgan fingerprint density at radius 2 is 2.11 bits per heavy atom. The summed E-state index contributed by atoms with van der Waals surface area (Å²) in [6.45, 7) is 0.896. The first-order valence-electron chi connectivity index (χ1n) is 5.89. The summed E-state index contributed by atoms with van der Waals surface area (Å²) in [4.78, 5) is 10.3. The Labute approximate surface area is 110 Å². The lowest BCUT2D eigenvalue weighted by Gasteiger charge is -2.30. The predicted molar refractivity (Wildman–Crippen MR) is 73.2 cm³/mol. The van der Waals surface area contributed by atoms with Gasteiger partial charge in [0, 0.05) is 12.2 Å². The maximum absolute atomic E-state index is 6.17. The number of aromatic nitrogens is 2. The van der Waals surface area contributed by atoms with Crippen LogP contribution < -0.4 is 10.6 Å². The zero-order chi connectivity index (χ0) is 12.5. The predicted octanol–water partition coefficient (Wildman–Crippen LogP) is 2.80. The van der Waals surface area contributed by atoms with Crippen LogP contribution in [0.1, 0.15) is 12.0 Å². The van der Waals surface area contributed by atoms with E-state index in [9.17, 15) is 0 Å². The molecule has 1 aliphatic heterocycles. The minimum absolute atomic E-state index is 0.248. The van der Waals surface area contributed by atoms with Crippen LogP contribution in [0.15, 0.2) is 30.5 Å². The number of nitrogens with two attached hydrogens (primary N) is 1. The molecule has 5 heteroatoms. The van der Waals surface area contributed by atoms with E-state index in [2.05, 4.69) is 33.1 Å². The molecule has 4 nitrogen and oxygen atoms in total. The Bertz CT molecular complexity index is 585. The Balaban J connectivity index is 2.11. The number of benzene rings is 1. The maximum Gasteiger partial charge on any atom is 0.222 e. The highest BCUT2D eigenvalue weighted by Crippen LogP contribution is 2.35. The molecule has 0 spiro atoms.